The van der Waals surface area contributed by atoms with Crippen LogP contribution in [0.15, 0.2) is 23.3 Å². The average Bonchev–Trinajstić information content (AvgIpc) is 2.27. The Labute approximate surface area is 66.7 Å². The van der Waals surface area contributed by atoms with Crippen molar-refractivity contribution < 1.29 is 9.68 Å². The summed E-state index contributed by atoms with van der Waals surface area (Å²) in [6, 6.07) is 0. The van der Waals surface area contributed by atoms with E-state index < -0.39 is 7.12 Å². The zero-order valence-corrected chi connectivity index (χ0v) is 6.58. The maximum Gasteiger partial charge on any atom is 0.458 e. The molecule has 0 aromatic carbocycles. The van der Waals surface area contributed by atoms with Crippen molar-refractivity contribution in [3.05, 3.63) is 23.3 Å². The molecule has 0 unspecified atom stereocenters. The standard InChI is InChI=1S/C8H11BO2/c1-6-2-3-7-5-9(10)11-8(7)4-6/h2-3,8,10H,4-5H2,1H3/t8-/m0/s1. The van der Waals surface area contributed by atoms with Crippen LogP contribution < -0.4 is 0 Å². The molecule has 0 spiro atoms. The van der Waals surface area contributed by atoms with Crippen molar-refractivity contribution >= 4 is 7.12 Å². The normalized spacial score (nSPS) is 29.6. The molecule has 0 amide bonds. The van der Waals surface area contributed by atoms with Crippen molar-refractivity contribution in [3.8, 4) is 0 Å². The smallest absolute Gasteiger partial charge is 0.427 e. The van der Waals surface area contributed by atoms with Gasteiger partial charge in [-0.3, -0.25) is 0 Å². The van der Waals surface area contributed by atoms with Crippen molar-refractivity contribution in [1.29, 1.82) is 0 Å². The van der Waals surface area contributed by atoms with E-state index in [0.717, 1.165) is 6.42 Å². The molecule has 11 heavy (non-hydrogen) atoms. The third kappa shape index (κ3) is 1.26. The Morgan fingerprint density at radius 3 is 3.27 bits per heavy atom. The molecule has 1 N–H and O–H groups in total. The highest BCUT2D eigenvalue weighted by molar-refractivity contribution is 6.45. The zero-order chi connectivity index (χ0) is 7.84. The van der Waals surface area contributed by atoms with Gasteiger partial charge in [0.2, 0.25) is 0 Å². The minimum Gasteiger partial charge on any atom is -0.427 e. The molecule has 0 aromatic rings. The van der Waals surface area contributed by atoms with Crippen LogP contribution in [0.3, 0.4) is 0 Å². The fourth-order valence-corrected chi connectivity index (χ4v) is 1.62. The second-order valence-corrected chi connectivity index (χ2v) is 3.24. The van der Waals surface area contributed by atoms with Gasteiger partial charge in [0.15, 0.2) is 0 Å². The lowest BCUT2D eigenvalue weighted by Gasteiger charge is -2.16. The minimum atomic E-state index is -0.564. The highest BCUT2D eigenvalue weighted by Gasteiger charge is 2.33. The Hall–Kier alpha value is -0.535. The highest BCUT2D eigenvalue weighted by atomic mass is 16.5. The molecular weight excluding hydrogens is 139 g/mol. The molecule has 0 radical (unpaired) electrons. The van der Waals surface area contributed by atoms with Gasteiger partial charge in [-0.2, -0.15) is 0 Å². The monoisotopic (exact) mass is 150 g/mol. The molecule has 0 saturated carbocycles. The number of fused-ring (bicyclic) bond motifs is 1. The van der Waals surface area contributed by atoms with Gasteiger partial charge in [-0.1, -0.05) is 17.7 Å². The predicted octanol–water partition coefficient (Wildman–Crippen LogP) is 1.14. The fourth-order valence-electron chi connectivity index (χ4n) is 1.62. The second-order valence-electron chi connectivity index (χ2n) is 3.24. The second kappa shape index (κ2) is 2.50. The van der Waals surface area contributed by atoms with Crippen molar-refractivity contribution in [3.63, 3.8) is 0 Å². The van der Waals surface area contributed by atoms with Crippen LogP contribution in [-0.4, -0.2) is 18.2 Å². The first-order valence-electron chi connectivity index (χ1n) is 3.95. The molecule has 0 bridgehead atoms. The van der Waals surface area contributed by atoms with Crippen LogP contribution in [0.25, 0.3) is 0 Å². The number of rotatable bonds is 0. The SMILES string of the molecule is CC1=CC=C2CB(O)O[C@H]2C1. The molecule has 1 atom stereocenters. The van der Waals surface area contributed by atoms with E-state index in [9.17, 15) is 0 Å². The van der Waals surface area contributed by atoms with E-state index in [-0.39, 0.29) is 6.10 Å². The quantitative estimate of drug-likeness (QED) is 0.524. The first-order chi connectivity index (χ1) is 5.25. The summed E-state index contributed by atoms with van der Waals surface area (Å²) >= 11 is 0. The van der Waals surface area contributed by atoms with E-state index >= 15 is 0 Å². The van der Waals surface area contributed by atoms with Crippen LogP contribution in [0.1, 0.15) is 13.3 Å². The lowest BCUT2D eigenvalue weighted by molar-refractivity contribution is 0.223. The first-order valence-corrected chi connectivity index (χ1v) is 3.95. The molecule has 1 saturated heterocycles. The van der Waals surface area contributed by atoms with Crippen LogP contribution in [-0.2, 0) is 4.65 Å². The molecule has 2 nitrogen and oxygen atoms in total. The lowest BCUT2D eigenvalue weighted by atomic mass is 9.83. The van der Waals surface area contributed by atoms with Gasteiger partial charge >= 0.3 is 7.12 Å². The van der Waals surface area contributed by atoms with Crippen molar-refractivity contribution in [2.75, 3.05) is 0 Å². The van der Waals surface area contributed by atoms with Crippen LogP contribution in [0.4, 0.5) is 0 Å². The Morgan fingerprint density at radius 2 is 2.45 bits per heavy atom. The van der Waals surface area contributed by atoms with Crippen LogP contribution in [0.5, 0.6) is 0 Å². The van der Waals surface area contributed by atoms with E-state index in [2.05, 4.69) is 19.1 Å². The Bertz CT molecular complexity index is 232. The molecule has 3 heteroatoms. The maximum atomic E-state index is 9.16. The molecule has 0 aromatic heterocycles. The van der Waals surface area contributed by atoms with E-state index in [0.29, 0.717) is 6.32 Å². The van der Waals surface area contributed by atoms with Gasteiger partial charge < -0.3 is 9.68 Å². The van der Waals surface area contributed by atoms with Gasteiger partial charge in [-0.05, 0) is 18.9 Å². The van der Waals surface area contributed by atoms with E-state index in [4.69, 9.17) is 9.68 Å². The molecule has 1 aliphatic carbocycles. The third-order valence-corrected chi connectivity index (χ3v) is 2.23. The van der Waals surface area contributed by atoms with Crippen molar-refractivity contribution in [2.24, 2.45) is 0 Å². The Kier molecular flexibility index (Phi) is 1.62. The van der Waals surface area contributed by atoms with Crippen LogP contribution in [0, 0.1) is 0 Å². The summed E-state index contributed by atoms with van der Waals surface area (Å²) in [5.41, 5.74) is 2.57. The molecule has 1 aliphatic heterocycles. The predicted molar refractivity (Wildman–Crippen MR) is 44.1 cm³/mol. The third-order valence-electron chi connectivity index (χ3n) is 2.23. The van der Waals surface area contributed by atoms with Crippen LogP contribution in [0.2, 0.25) is 6.32 Å². The first kappa shape index (κ1) is 7.13. The van der Waals surface area contributed by atoms with Crippen molar-refractivity contribution in [2.45, 2.75) is 25.8 Å². The molecular formula is C8H11BO2. The molecule has 2 rings (SSSR count). The van der Waals surface area contributed by atoms with Gasteiger partial charge in [0, 0.05) is 6.32 Å². The zero-order valence-electron chi connectivity index (χ0n) is 6.58. The molecule has 1 fully saturated rings. The van der Waals surface area contributed by atoms with E-state index in [1.54, 1.807) is 0 Å². The number of hydrogen-bond acceptors (Lipinski definition) is 2. The van der Waals surface area contributed by atoms with E-state index in [1.165, 1.54) is 11.1 Å². The summed E-state index contributed by atoms with van der Waals surface area (Å²) in [7, 11) is -0.564. The summed E-state index contributed by atoms with van der Waals surface area (Å²) in [6.07, 6.45) is 5.97. The Morgan fingerprint density at radius 1 is 1.64 bits per heavy atom. The van der Waals surface area contributed by atoms with Crippen LogP contribution >= 0.6 is 0 Å². The van der Waals surface area contributed by atoms with Gasteiger partial charge in [0.05, 0.1) is 6.10 Å². The number of allylic oxidation sites excluding steroid dienone is 2. The molecule has 2 aliphatic rings. The maximum absolute atomic E-state index is 9.16. The Balaban J connectivity index is 2.18. The fraction of sp³-hybridized carbons (Fsp3) is 0.500. The summed E-state index contributed by atoms with van der Waals surface area (Å²) < 4.78 is 5.28. The topological polar surface area (TPSA) is 29.5 Å². The van der Waals surface area contributed by atoms with Gasteiger partial charge in [0.1, 0.15) is 0 Å². The molecule has 1 heterocycles. The minimum absolute atomic E-state index is 0.162. The molecule has 58 valence electrons. The van der Waals surface area contributed by atoms with Gasteiger partial charge in [-0.15, -0.1) is 0 Å². The van der Waals surface area contributed by atoms with E-state index in [1.807, 2.05) is 0 Å². The van der Waals surface area contributed by atoms with Gasteiger partial charge in [-0.25, -0.2) is 0 Å². The summed E-state index contributed by atoms with van der Waals surface area (Å²) in [4.78, 5) is 0. The summed E-state index contributed by atoms with van der Waals surface area (Å²) in [6.45, 7) is 2.08. The summed E-state index contributed by atoms with van der Waals surface area (Å²) in [5, 5.41) is 9.16. The number of hydrogen-bond donors (Lipinski definition) is 1. The highest BCUT2D eigenvalue weighted by Crippen LogP contribution is 2.31. The summed E-state index contributed by atoms with van der Waals surface area (Å²) in [5.74, 6) is 0. The van der Waals surface area contributed by atoms with Gasteiger partial charge in [0.25, 0.3) is 0 Å². The average molecular weight is 150 g/mol. The lowest BCUT2D eigenvalue weighted by Crippen LogP contribution is -2.15. The largest absolute Gasteiger partial charge is 0.458 e. The van der Waals surface area contributed by atoms with Crippen molar-refractivity contribution in [1.82, 2.24) is 0 Å².